The van der Waals surface area contributed by atoms with Gasteiger partial charge in [0.2, 0.25) is 0 Å². The van der Waals surface area contributed by atoms with E-state index in [-0.39, 0.29) is 12.5 Å². The van der Waals surface area contributed by atoms with Crippen LogP contribution >= 0.6 is 11.6 Å². The molecular formula is C16H25ClN2O2. The van der Waals surface area contributed by atoms with E-state index < -0.39 is 5.97 Å². The molecule has 0 saturated heterocycles. The minimum atomic E-state index is -0.856. The lowest BCUT2D eigenvalue weighted by Crippen LogP contribution is -2.28. The van der Waals surface area contributed by atoms with Crippen LogP contribution < -0.4 is 10.6 Å². The molecule has 0 amide bonds. The van der Waals surface area contributed by atoms with Crippen LogP contribution in [0.15, 0.2) is 18.2 Å². The van der Waals surface area contributed by atoms with Crippen LogP contribution in [0.25, 0.3) is 0 Å². The maximum Gasteiger partial charge on any atom is 0.304 e. The number of nitrogens with two attached hydrogens (primary N) is 1. The van der Waals surface area contributed by atoms with Crippen molar-refractivity contribution in [1.82, 2.24) is 0 Å². The summed E-state index contributed by atoms with van der Waals surface area (Å²) < 4.78 is 0. The minimum Gasteiger partial charge on any atom is -0.481 e. The molecule has 0 spiro atoms. The topological polar surface area (TPSA) is 66.6 Å². The Morgan fingerprint density at radius 1 is 1.43 bits per heavy atom. The van der Waals surface area contributed by atoms with Gasteiger partial charge in [0.15, 0.2) is 0 Å². The van der Waals surface area contributed by atoms with Crippen LogP contribution in [0.5, 0.6) is 0 Å². The zero-order valence-electron chi connectivity index (χ0n) is 12.8. The summed E-state index contributed by atoms with van der Waals surface area (Å²) in [5, 5.41) is 8.81. The van der Waals surface area contributed by atoms with Crippen molar-refractivity contribution in [2.45, 2.75) is 39.2 Å². The first kappa shape index (κ1) is 17.8. The van der Waals surface area contributed by atoms with Crippen molar-refractivity contribution in [2.75, 3.05) is 23.9 Å². The third-order valence-corrected chi connectivity index (χ3v) is 3.63. The van der Waals surface area contributed by atoms with Gasteiger partial charge in [-0.25, -0.2) is 0 Å². The molecule has 1 aromatic carbocycles. The molecule has 4 nitrogen and oxygen atoms in total. The molecule has 3 N–H and O–H groups in total. The van der Waals surface area contributed by atoms with Crippen molar-refractivity contribution in [1.29, 1.82) is 0 Å². The van der Waals surface area contributed by atoms with E-state index in [2.05, 4.69) is 30.0 Å². The normalized spacial score (nSPS) is 12.2. The van der Waals surface area contributed by atoms with Crippen molar-refractivity contribution in [2.24, 2.45) is 5.73 Å². The molecule has 1 atom stereocenters. The van der Waals surface area contributed by atoms with Gasteiger partial charge in [-0.3, -0.25) is 4.79 Å². The number of rotatable bonds is 9. The maximum absolute atomic E-state index is 10.7. The van der Waals surface area contributed by atoms with Crippen LogP contribution in [-0.4, -0.2) is 36.1 Å². The Kier molecular flexibility index (Phi) is 7.54. The fourth-order valence-corrected chi connectivity index (χ4v) is 2.60. The number of hydrogen-bond donors (Lipinski definition) is 2. The number of benzene rings is 1. The number of carboxylic acids is 1. The van der Waals surface area contributed by atoms with Crippen LogP contribution in [0.1, 0.15) is 30.9 Å². The predicted molar refractivity (Wildman–Crippen MR) is 88.3 cm³/mol. The highest BCUT2D eigenvalue weighted by Crippen LogP contribution is 2.21. The van der Waals surface area contributed by atoms with Gasteiger partial charge >= 0.3 is 5.97 Å². The van der Waals surface area contributed by atoms with Crippen LogP contribution in [0.2, 0.25) is 0 Å². The number of halogens is 1. The lowest BCUT2D eigenvalue weighted by Gasteiger charge is -2.25. The molecule has 0 aromatic heterocycles. The Morgan fingerprint density at radius 3 is 2.71 bits per heavy atom. The highest BCUT2D eigenvalue weighted by molar-refractivity contribution is 6.18. The summed E-state index contributed by atoms with van der Waals surface area (Å²) >= 11 is 5.87. The molecule has 0 fully saturated rings. The monoisotopic (exact) mass is 312 g/mol. The fourth-order valence-electron chi connectivity index (χ4n) is 2.40. The van der Waals surface area contributed by atoms with E-state index in [4.69, 9.17) is 22.4 Å². The summed E-state index contributed by atoms with van der Waals surface area (Å²) in [5.74, 6) is -0.270. The second kappa shape index (κ2) is 8.90. The SMILES string of the molecule is CCCN(CCCl)c1ccc(C)c(CC(N)CC(=O)O)c1. The molecule has 0 aliphatic rings. The number of carboxylic acid groups (broad SMARTS) is 1. The molecule has 1 unspecified atom stereocenters. The summed E-state index contributed by atoms with van der Waals surface area (Å²) in [5.41, 5.74) is 9.28. The third-order valence-electron chi connectivity index (χ3n) is 3.46. The van der Waals surface area contributed by atoms with Gasteiger partial charge in [-0.05, 0) is 43.0 Å². The highest BCUT2D eigenvalue weighted by Gasteiger charge is 2.12. The van der Waals surface area contributed by atoms with Gasteiger partial charge in [0.05, 0.1) is 6.42 Å². The summed E-state index contributed by atoms with van der Waals surface area (Å²) in [6, 6.07) is 5.90. The molecule has 0 saturated carbocycles. The average Bonchev–Trinajstić information content (AvgIpc) is 2.40. The Hall–Kier alpha value is -1.26. The van der Waals surface area contributed by atoms with Crippen LogP contribution in [-0.2, 0) is 11.2 Å². The zero-order valence-corrected chi connectivity index (χ0v) is 13.6. The highest BCUT2D eigenvalue weighted by atomic mass is 35.5. The largest absolute Gasteiger partial charge is 0.481 e. The molecule has 1 rings (SSSR count). The first-order chi connectivity index (χ1) is 9.97. The molecule has 0 aliphatic heterocycles. The quantitative estimate of drug-likeness (QED) is 0.688. The van der Waals surface area contributed by atoms with Gasteiger partial charge < -0.3 is 15.7 Å². The summed E-state index contributed by atoms with van der Waals surface area (Å²) in [4.78, 5) is 13.0. The van der Waals surface area contributed by atoms with Gasteiger partial charge in [0, 0.05) is 30.7 Å². The molecule has 0 bridgehead atoms. The van der Waals surface area contributed by atoms with Gasteiger partial charge in [-0.15, -0.1) is 11.6 Å². The Labute approximate surface area is 131 Å². The van der Waals surface area contributed by atoms with E-state index in [0.717, 1.165) is 36.3 Å². The van der Waals surface area contributed by atoms with Crippen LogP contribution in [0, 0.1) is 6.92 Å². The molecule has 0 heterocycles. The molecule has 1 aromatic rings. The third kappa shape index (κ3) is 5.94. The van der Waals surface area contributed by atoms with E-state index >= 15 is 0 Å². The van der Waals surface area contributed by atoms with Gasteiger partial charge in [0.1, 0.15) is 0 Å². The van der Waals surface area contributed by atoms with Gasteiger partial charge in [-0.1, -0.05) is 13.0 Å². The summed E-state index contributed by atoms with van der Waals surface area (Å²) in [7, 11) is 0. The molecule has 0 aliphatic carbocycles. The van der Waals surface area contributed by atoms with E-state index in [9.17, 15) is 4.79 Å². The van der Waals surface area contributed by atoms with Crippen molar-refractivity contribution >= 4 is 23.3 Å². The van der Waals surface area contributed by atoms with E-state index in [1.807, 2.05) is 6.92 Å². The average molecular weight is 313 g/mol. The first-order valence-corrected chi connectivity index (χ1v) is 7.89. The van der Waals surface area contributed by atoms with E-state index in [1.54, 1.807) is 0 Å². The second-order valence-electron chi connectivity index (χ2n) is 5.35. The molecule has 21 heavy (non-hydrogen) atoms. The number of nitrogens with zero attached hydrogens (tertiary/aromatic N) is 1. The maximum atomic E-state index is 10.7. The van der Waals surface area contributed by atoms with Gasteiger partial charge in [-0.2, -0.15) is 0 Å². The van der Waals surface area contributed by atoms with E-state index in [1.165, 1.54) is 0 Å². The fraction of sp³-hybridized carbons (Fsp3) is 0.562. The standard InChI is InChI=1S/C16H25ClN2O2/c1-3-7-19(8-6-17)15-5-4-12(2)13(10-15)9-14(18)11-16(20)21/h4-5,10,14H,3,6-9,11,18H2,1-2H3,(H,20,21). The minimum absolute atomic E-state index is 0.00990. The lowest BCUT2D eigenvalue weighted by molar-refractivity contribution is -0.137. The Morgan fingerprint density at radius 2 is 2.14 bits per heavy atom. The summed E-state index contributed by atoms with van der Waals surface area (Å²) in [6.45, 7) is 5.92. The molecule has 0 radical (unpaired) electrons. The molecular weight excluding hydrogens is 288 g/mol. The van der Waals surface area contributed by atoms with Crippen molar-refractivity contribution in [3.8, 4) is 0 Å². The van der Waals surface area contributed by atoms with E-state index in [0.29, 0.717) is 12.3 Å². The Bertz CT molecular complexity index is 460. The van der Waals surface area contributed by atoms with Crippen molar-refractivity contribution in [3.05, 3.63) is 29.3 Å². The smallest absolute Gasteiger partial charge is 0.304 e. The number of anilines is 1. The number of carbonyl (C=O) groups is 1. The number of hydrogen-bond acceptors (Lipinski definition) is 3. The van der Waals surface area contributed by atoms with Crippen molar-refractivity contribution in [3.63, 3.8) is 0 Å². The van der Waals surface area contributed by atoms with Crippen LogP contribution in [0.3, 0.4) is 0 Å². The summed E-state index contributed by atoms with van der Waals surface area (Å²) in [6.07, 6.45) is 1.62. The zero-order chi connectivity index (χ0) is 15.8. The number of aliphatic carboxylic acids is 1. The van der Waals surface area contributed by atoms with Gasteiger partial charge in [0.25, 0.3) is 0 Å². The second-order valence-corrected chi connectivity index (χ2v) is 5.73. The number of alkyl halides is 1. The first-order valence-electron chi connectivity index (χ1n) is 7.35. The molecule has 118 valence electrons. The lowest BCUT2D eigenvalue weighted by atomic mass is 9.99. The predicted octanol–water partition coefficient (Wildman–Crippen LogP) is 2.79. The van der Waals surface area contributed by atoms with Crippen LogP contribution in [0.4, 0.5) is 5.69 Å². The van der Waals surface area contributed by atoms with Crippen molar-refractivity contribution < 1.29 is 9.90 Å². The number of aryl methyl sites for hydroxylation is 1. The molecule has 5 heteroatoms. The Balaban J connectivity index is 2.89.